The van der Waals surface area contributed by atoms with Crippen LogP contribution in [-0.2, 0) is 6.54 Å². The van der Waals surface area contributed by atoms with Gasteiger partial charge in [-0.3, -0.25) is 14.9 Å². The van der Waals surface area contributed by atoms with Crippen molar-refractivity contribution in [2.75, 3.05) is 0 Å². The van der Waals surface area contributed by atoms with Crippen molar-refractivity contribution in [1.82, 2.24) is 5.32 Å². The number of carbonyl (C=O) groups is 1. The third-order valence-corrected chi connectivity index (χ3v) is 2.94. The molecule has 0 spiro atoms. The van der Waals surface area contributed by atoms with Crippen LogP contribution in [0.15, 0.2) is 42.5 Å². The Morgan fingerprint density at radius 1 is 1.29 bits per heavy atom. The second kappa shape index (κ2) is 6.13. The van der Waals surface area contributed by atoms with E-state index < -0.39 is 16.6 Å². The highest BCUT2D eigenvalue weighted by Gasteiger charge is 2.16. The van der Waals surface area contributed by atoms with E-state index in [0.29, 0.717) is 0 Å². The first kappa shape index (κ1) is 14.6. The molecule has 0 saturated heterocycles. The second-order valence-electron chi connectivity index (χ2n) is 4.59. The highest BCUT2D eigenvalue weighted by atomic mass is 19.1. The zero-order valence-corrected chi connectivity index (χ0v) is 11.3. The van der Waals surface area contributed by atoms with E-state index in [1.165, 1.54) is 0 Å². The summed E-state index contributed by atoms with van der Waals surface area (Å²) in [6.45, 7) is 2.15. The number of rotatable bonds is 4. The van der Waals surface area contributed by atoms with Crippen molar-refractivity contribution in [2.24, 2.45) is 0 Å². The third kappa shape index (κ3) is 3.62. The molecule has 6 heteroatoms. The number of benzene rings is 2. The molecule has 0 atom stereocenters. The molecule has 2 aromatic carbocycles. The number of nitrogens with one attached hydrogen (secondary N) is 1. The fourth-order valence-electron chi connectivity index (χ4n) is 1.90. The highest BCUT2D eigenvalue weighted by molar-refractivity contribution is 5.95. The molecule has 2 rings (SSSR count). The van der Waals surface area contributed by atoms with Gasteiger partial charge in [-0.05, 0) is 18.6 Å². The number of carbonyl (C=O) groups excluding carboxylic acids is 1. The average Bonchev–Trinajstić information content (AvgIpc) is 2.45. The molecule has 21 heavy (non-hydrogen) atoms. The van der Waals surface area contributed by atoms with E-state index in [1.807, 2.05) is 31.2 Å². The van der Waals surface area contributed by atoms with Gasteiger partial charge < -0.3 is 5.32 Å². The predicted molar refractivity (Wildman–Crippen MR) is 75.4 cm³/mol. The van der Waals surface area contributed by atoms with Crippen LogP contribution >= 0.6 is 0 Å². The van der Waals surface area contributed by atoms with Gasteiger partial charge in [-0.1, -0.05) is 29.8 Å². The van der Waals surface area contributed by atoms with Gasteiger partial charge in [0, 0.05) is 18.7 Å². The van der Waals surface area contributed by atoms with Crippen LogP contribution in [0, 0.1) is 22.9 Å². The van der Waals surface area contributed by atoms with Gasteiger partial charge in [0.15, 0.2) is 0 Å². The van der Waals surface area contributed by atoms with Crippen LogP contribution in [-0.4, -0.2) is 10.8 Å². The molecular weight excluding hydrogens is 275 g/mol. The summed E-state index contributed by atoms with van der Waals surface area (Å²) in [4.78, 5) is 21.9. The number of hydrogen-bond donors (Lipinski definition) is 1. The fourth-order valence-corrected chi connectivity index (χ4v) is 1.90. The molecular formula is C15H13FN2O3. The Morgan fingerprint density at radius 3 is 2.71 bits per heavy atom. The van der Waals surface area contributed by atoms with Gasteiger partial charge in [0.1, 0.15) is 5.82 Å². The Bertz CT molecular complexity index is 701. The van der Waals surface area contributed by atoms with E-state index in [-0.39, 0.29) is 17.8 Å². The first-order valence-electron chi connectivity index (χ1n) is 6.25. The number of amides is 1. The number of nitro benzene ring substituents is 1. The van der Waals surface area contributed by atoms with Crippen molar-refractivity contribution in [3.05, 3.63) is 75.1 Å². The quantitative estimate of drug-likeness (QED) is 0.694. The molecule has 1 amide bonds. The number of halogens is 1. The molecule has 0 bridgehead atoms. The van der Waals surface area contributed by atoms with Gasteiger partial charge in [0.25, 0.3) is 11.6 Å². The molecule has 0 unspecified atom stereocenters. The molecule has 0 heterocycles. The number of nitro groups is 1. The van der Waals surface area contributed by atoms with Gasteiger partial charge in [0.05, 0.1) is 10.5 Å². The lowest BCUT2D eigenvalue weighted by molar-refractivity contribution is -0.384. The van der Waals surface area contributed by atoms with Crippen LogP contribution in [0.1, 0.15) is 21.5 Å². The third-order valence-electron chi connectivity index (χ3n) is 2.94. The highest BCUT2D eigenvalue weighted by Crippen LogP contribution is 2.17. The number of non-ortho nitro benzene ring substituents is 1. The largest absolute Gasteiger partial charge is 0.348 e. The zero-order valence-electron chi connectivity index (χ0n) is 11.3. The molecule has 5 nitrogen and oxygen atoms in total. The van der Waals surface area contributed by atoms with Crippen molar-refractivity contribution < 1.29 is 14.1 Å². The maximum absolute atomic E-state index is 13.6. The summed E-state index contributed by atoms with van der Waals surface area (Å²) in [6, 6.07) is 10.4. The minimum atomic E-state index is -0.789. The fraction of sp³-hybridized carbons (Fsp3) is 0.133. The maximum atomic E-state index is 13.6. The second-order valence-corrected chi connectivity index (χ2v) is 4.59. The Kier molecular flexibility index (Phi) is 4.27. The van der Waals surface area contributed by atoms with Crippen LogP contribution in [0.4, 0.5) is 10.1 Å². The van der Waals surface area contributed by atoms with Crippen molar-refractivity contribution >= 4 is 11.6 Å². The smallest absolute Gasteiger partial charge is 0.270 e. The lowest BCUT2D eigenvalue weighted by Gasteiger charge is -2.07. The lowest BCUT2D eigenvalue weighted by atomic mass is 10.1. The summed E-state index contributed by atoms with van der Waals surface area (Å²) in [5.41, 5.74) is 1.26. The monoisotopic (exact) mass is 288 g/mol. The predicted octanol–water partition coefficient (Wildman–Crippen LogP) is 2.97. The van der Waals surface area contributed by atoms with Gasteiger partial charge >= 0.3 is 0 Å². The lowest BCUT2D eigenvalue weighted by Crippen LogP contribution is -2.24. The zero-order chi connectivity index (χ0) is 15.4. The van der Waals surface area contributed by atoms with Crippen molar-refractivity contribution in [3.63, 3.8) is 0 Å². The van der Waals surface area contributed by atoms with E-state index in [2.05, 4.69) is 5.32 Å². The van der Waals surface area contributed by atoms with E-state index >= 15 is 0 Å². The van der Waals surface area contributed by atoms with Crippen molar-refractivity contribution in [2.45, 2.75) is 13.5 Å². The van der Waals surface area contributed by atoms with E-state index in [9.17, 15) is 19.3 Å². The number of aryl methyl sites for hydroxylation is 1. The number of nitrogens with zero attached hydrogens (tertiary/aromatic N) is 1. The standard InChI is InChI=1S/C15H13FN2O3/c1-10-3-2-4-11(7-10)9-17-15(19)13-8-12(18(20)21)5-6-14(13)16/h2-8H,9H2,1H3,(H,17,19). The van der Waals surface area contributed by atoms with Gasteiger partial charge in [-0.25, -0.2) is 4.39 Å². The summed E-state index contributed by atoms with van der Waals surface area (Å²) in [5.74, 6) is -1.47. The first-order valence-corrected chi connectivity index (χ1v) is 6.25. The normalized spacial score (nSPS) is 10.2. The van der Waals surface area contributed by atoms with Crippen LogP contribution in [0.25, 0.3) is 0 Å². The van der Waals surface area contributed by atoms with Crippen molar-refractivity contribution in [3.8, 4) is 0 Å². The maximum Gasteiger partial charge on any atom is 0.270 e. The Labute approximate surface area is 120 Å². The summed E-state index contributed by atoms with van der Waals surface area (Å²) >= 11 is 0. The minimum Gasteiger partial charge on any atom is -0.348 e. The topological polar surface area (TPSA) is 72.2 Å². The molecule has 0 aromatic heterocycles. The molecule has 0 aliphatic rings. The summed E-state index contributed by atoms with van der Waals surface area (Å²) in [6.07, 6.45) is 0. The SMILES string of the molecule is Cc1cccc(CNC(=O)c2cc([N+](=O)[O-])ccc2F)c1. The molecule has 2 aromatic rings. The van der Waals surface area contributed by atoms with Crippen LogP contribution in [0.2, 0.25) is 0 Å². The van der Waals surface area contributed by atoms with E-state index in [1.54, 1.807) is 0 Å². The molecule has 0 aliphatic carbocycles. The average molecular weight is 288 g/mol. The van der Waals surface area contributed by atoms with E-state index in [0.717, 1.165) is 29.3 Å². The van der Waals surface area contributed by atoms with Gasteiger partial charge in [-0.15, -0.1) is 0 Å². The molecule has 0 radical (unpaired) electrons. The summed E-state index contributed by atoms with van der Waals surface area (Å²) in [5, 5.41) is 13.2. The first-order chi connectivity index (χ1) is 9.97. The summed E-state index contributed by atoms with van der Waals surface area (Å²) in [7, 11) is 0. The molecule has 108 valence electrons. The Hall–Kier alpha value is -2.76. The Morgan fingerprint density at radius 2 is 2.05 bits per heavy atom. The molecule has 1 N–H and O–H groups in total. The van der Waals surface area contributed by atoms with Gasteiger partial charge in [-0.2, -0.15) is 0 Å². The minimum absolute atomic E-state index is 0.225. The van der Waals surface area contributed by atoms with E-state index in [4.69, 9.17) is 0 Å². The number of hydrogen-bond acceptors (Lipinski definition) is 3. The molecule has 0 fully saturated rings. The molecule has 0 saturated carbocycles. The molecule has 0 aliphatic heterocycles. The summed E-state index contributed by atoms with van der Waals surface area (Å²) < 4.78 is 13.6. The van der Waals surface area contributed by atoms with Crippen LogP contribution in [0.3, 0.4) is 0 Å². The van der Waals surface area contributed by atoms with Crippen molar-refractivity contribution in [1.29, 1.82) is 0 Å². The van der Waals surface area contributed by atoms with Crippen LogP contribution < -0.4 is 5.32 Å². The van der Waals surface area contributed by atoms with Crippen LogP contribution in [0.5, 0.6) is 0 Å². The Balaban J connectivity index is 2.13. The van der Waals surface area contributed by atoms with Gasteiger partial charge in [0.2, 0.25) is 0 Å².